The predicted molar refractivity (Wildman–Crippen MR) is 115 cm³/mol. The van der Waals surface area contributed by atoms with Gasteiger partial charge in [-0.15, -0.1) is 0 Å². The Morgan fingerprint density at radius 2 is 1.79 bits per heavy atom. The number of hydrogen-bond acceptors (Lipinski definition) is 5. The van der Waals surface area contributed by atoms with Gasteiger partial charge in [0.2, 0.25) is 0 Å². The Balaban J connectivity index is 1.97. The van der Waals surface area contributed by atoms with Crippen molar-refractivity contribution in [3.8, 4) is 5.75 Å². The highest BCUT2D eigenvalue weighted by Crippen LogP contribution is 2.33. The number of urea groups is 1. The Bertz CT molecular complexity index is 722. The van der Waals surface area contributed by atoms with Crippen molar-refractivity contribution < 1.29 is 19.1 Å². The highest BCUT2D eigenvalue weighted by Gasteiger charge is 2.36. The summed E-state index contributed by atoms with van der Waals surface area (Å²) in [6.07, 6.45) is 3.97. The standard InChI is InChI=1S/C21H34N4O4/c1-20(2,3)29-19(27)24-16-10-9-15(13-17(16)28-6)23-18(26)22-14-21(25(4)5)11-7-8-12-21/h9-10,13H,7-8,11-12,14H2,1-6H3,(H,24,27)(H2,22,23,26). The van der Waals surface area contributed by atoms with Crippen LogP contribution in [0, 0.1) is 0 Å². The molecule has 1 aromatic carbocycles. The first kappa shape index (κ1) is 22.8. The van der Waals surface area contributed by atoms with Crippen molar-refractivity contribution in [2.24, 2.45) is 0 Å². The summed E-state index contributed by atoms with van der Waals surface area (Å²) >= 11 is 0. The van der Waals surface area contributed by atoms with E-state index in [1.165, 1.54) is 20.0 Å². The average molecular weight is 407 g/mol. The van der Waals surface area contributed by atoms with Gasteiger partial charge in [-0.1, -0.05) is 12.8 Å². The van der Waals surface area contributed by atoms with Crippen molar-refractivity contribution in [3.63, 3.8) is 0 Å². The lowest BCUT2D eigenvalue weighted by Gasteiger charge is -2.36. The van der Waals surface area contributed by atoms with Crippen LogP contribution in [-0.2, 0) is 4.74 Å². The molecular weight excluding hydrogens is 372 g/mol. The predicted octanol–water partition coefficient (Wildman–Crippen LogP) is 4.04. The highest BCUT2D eigenvalue weighted by atomic mass is 16.6. The molecule has 0 radical (unpaired) electrons. The Kier molecular flexibility index (Phi) is 7.35. The number of ether oxygens (including phenoxy) is 2. The molecule has 3 N–H and O–H groups in total. The van der Waals surface area contributed by atoms with E-state index < -0.39 is 11.7 Å². The molecule has 0 heterocycles. The number of amides is 3. The van der Waals surface area contributed by atoms with Crippen LogP contribution in [0.15, 0.2) is 18.2 Å². The summed E-state index contributed by atoms with van der Waals surface area (Å²) in [4.78, 5) is 26.6. The maximum Gasteiger partial charge on any atom is 0.412 e. The van der Waals surface area contributed by atoms with E-state index in [1.807, 2.05) is 0 Å². The smallest absolute Gasteiger partial charge is 0.412 e. The van der Waals surface area contributed by atoms with Gasteiger partial charge >= 0.3 is 12.1 Å². The molecule has 1 saturated carbocycles. The second-order valence-electron chi connectivity index (χ2n) is 8.68. The minimum atomic E-state index is -0.597. The molecular formula is C21H34N4O4. The summed E-state index contributed by atoms with van der Waals surface area (Å²) in [5.74, 6) is 0.425. The van der Waals surface area contributed by atoms with Crippen LogP contribution >= 0.6 is 0 Å². The van der Waals surface area contributed by atoms with E-state index in [1.54, 1.807) is 39.0 Å². The summed E-state index contributed by atoms with van der Waals surface area (Å²) < 4.78 is 10.6. The number of nitrogens with one attached hydrogen (secondary N) is 3. The van der Waals surface area contributed by atoms with Crippen molar-refractivity contribution >= 4 is 23.5 Å². The molecule has 2 rings (SSSR count). The highest BCUT2D eigenvalue weighted by molar-refractivity contribution is 5.91. The molecule has 0 bridgehead atoms. The fourth-order valence-electron chi connectivity index (χ4n) is 3.52. The van der Waals surface area contributed by atoms with Crippen LogP contribution in [0.5, 0.6) is 5.75 Å². The Morgan fingerprint density at radius 1 is 1.14 bits per heavy atom. The molecule has 0 aliphatic heterocycles. The Hall–Kier alpha value is -2.48. The third-order valence-corrected chi connectivity index (χ3v) is 5.16. The molecule has 0 spiro atoms. The van der Waals surface area contributed by atoms with Gasteiger partial charge in [-0.25, -0.2) is 9.59 Å². The van der Waals surface area contributed by atoms with Crippen molar-refractivity contribution in [1.29, 1.82) is 0 Å². The maximum absolute atomic E-state index is 12.4. The number of benzene rings is 1. The van der Waals surface area contributed by atoms with Gasteiger partial charge < -0.3 is 25.0 Å². The first-order valence-electron chi connectivity index (χ1n) is 9.95. The van der Waals surface area contributed by atoms with E-state index in [0.29, 0.717) is 23.7 Å². The molecule has 0 unspecified atom stereocenters. The van der Waals surface area contributed by atoms with Crippen molar-refractivity contribution in [2.45, 2.75) is 57.6 Å². The van der Waals surface area contributed by atoms with E-state index in [9.17, 15) is 9.59 Å². The zero-order chi connectivity index (χ0) is 21.7. The molecule has 1 aromatic rings. The average Bonchev–Trinajstić information content (AvgIpc) is 3.10. The first-order chi connectivity index (χ1) is 13.5. The van der Waals surface area contributed by atoms with Crippen LogP contribution in [0.1, 0.15) is 46.5 Å². The Labute approximate surface area is 173 Å². The van der Waals surface area contributed by atoms with E-state index in [-0.39, 0.29) is 11.6 Å². The van der Waals surface area contributed by atoms with Crippen LogP contribution in [-0.4, -0.2) is 55.9 Å². The zero-order valence-corrected chi connectivity index (χ0v) is 18.3. The van der Waals surface area contributed by atoms with Crippen LogP contribution in [0.3, 0.4) is 0 Å². The fraction of sp³-hybridized carbons (Fsp3) is 0.619. The molecule has 8 nitrogen and oxygen atoms in total. The van der Waals surface area contributed by atoms with Gasteiger partial charge in [0.25, 0.3) is 0 Å². The molecule has 29 heavy (non-hydrogen) atoms. The number of nitrogens with zero attached hydrogens (tertiary/aromatic N) is 1. The summed E-state index contributed by atoms with van der Waals surface area (Å²) in [6, 6.07) is 4.75. The lowest BCUT2D eigenvalue weighted by molar-refractivity contribution is 0.0635. The van der Waals surface area contributed by atoms with Gasteiger partial charge in [-0.2, -0.15) is 0 Å². The summed E-state index contributed by atoms with van der Waals surface area (Å²) in [6.45, 7) is 5.98. The van der Waals surface area contributed by atoms with Crippen molar-refractivity contribution in [2.75, 3.05) is 38.4 Å². The summed E-state index contributed by atoms with van der Waals surface area (Å²) in [5.41, 5.74) is 0.459. The van der Waals surface area contributed by atoms with Gasteiger partial charge in [-0.3, -0.25) is 5.32 Å². The molecule has 3 amide bonds. The molecule has 1 aliphatic carbocycles. The largest absolute Gasteiger partial charge is 0.494 e. The molecule has 0 aromatic heterocycles. The third-order valence-electron chi connectivity index (χ3n) is 5.16. The number of likely N-dealkylation sites (N-methyl/N-ethyl adjacent to an activating group) is 1. The van der Waals surface area contributed by atoms with Crippen LogP contribution < -0.4 is 20.7 Å². The lowest BCUT2D eigenvalue weighted by atomic mass is 9.96. The number of anilines is 2. The number of methoxy groups -OCH3 is 1. The normalized spacial score (nSPS) is 15.7. The van der Waals surface area contributed by atoms with E-state index in [2.05, 4.69) is 34.9 Å². The molecule has 8 heteroatoms. The van der Waals surface area contributed by atoms with E-state index in [4.69, 9.17) is 9.47 Å². The molecule has 0 saturated heterocycles. The number of carbonyl (C=O) groups excluding carboxylic acids is 2. The second kappa shape index (κ2) is 9.35. The van der Waals surface area contributed by atoms with Gasteiger partial charge in [-0.05, 0) is 59.8 Å². The van der Waals surface area contributed by atoms with Crippen LogP contribution in [0.4, 0.5) is 21.0 Å². The number of carbonyl (C=O) groups is 2. The lowest BCUT2D eigenvalue weighted by Crippen LogP contribution is -2.51. The van der Waals surface area contributed by atoms with Gasteiger partial charge in [0.15, 0.2) is 0 Å². The molecule has 1 aliphatic rings. The minimum Gasteiger partial charge on any atom is -0.494 e. The molecule has 0 atom stereocenters. The third kappa shape index (κ3) is 6.52. The van der Waals surface area contributed by atoms with Crippen LogP contribution in [0.25, 0.3) is 0 Å². The van der Waals surface area contributed by atoms with Gasteiger partial charge in [0, 0.05) is 23.8 Å². The van der Waals surface area contributed by atoms with Gasteiger partial charge in [0.1, 0.15) is 11.4 Å². The fourth-order valence-corrected chi connectivity index (χ4v) is 3.52. The monoisotopic (exact) mass is 406 g/mol. The summed E-state index contributed by atoms with van der Waals surface area (Å²) in [5, 5.41) is 8.46. The Morgan fingerprint density at radius 3 is 2.34 bits per heavy atom. The van der Waals surface area contributed by atoms with Crippen LogP contribution in [0.2, 0.25) is 0 Å². The second-order valence-corrected chi connectivity index (χ2v) is 8.68. The molecule has 162 valence electrons. The number of rotatable bonds is 6. The summed E-state index contributed by atoms with van der Waals surface area (Å²) in [7, 11) is 5.62. The topological polar surface area (TPSA) is 91.9 Å². The zero-order valence-electron chi connectivity index (χ0n) is 18.3. The van der Waals surface area contributed by atoms with Crippen molar-refractivity contribution in [3.05, 3.63) is 18.2 Å². The number of hydrogen-bond donors (Lipinski definition) is 3. The van der Waals surface area contributed by atoms with Crippen molar-refractivity contribution in [1.82, 2.24) is 10.2 Å². The minimum absolute atomic E-state index is 0.0240. The maximum atomic E-state index is 12.4. The SMILES string of the molecule is COc1cc(NC(=O)NCC2(N(C)C)CCCC2)ccc1NC(=O)OC(C)(C)C. The van der Waals surface area contributed by atoms with Gasteiger partial charge in [0.05, 0.1) is 12.8 Å². The first-order valence-corrected chi connectivity index (χ1v) is 9.95. The van der Waals surface area contributed by atoms with E-state index >= 15 is 0 Å². The van der Waals surface area contributed by atoms with E-state index in [0.717, 1.165) is 12.8 Å². The quantitative estimate of drug-likeness (QED) is 0.663. The molecule has 1 fully saturated rings.